The lowest BCUT2D eigenvalue weighted by molar-refractivity contribution is -0.113. The molecular formula is C24H31NO2. The Balaban J connectivity index is 2.02. The number of benzene rings is 1. The minimum Gasteiger partial charge on any atom is -0.498 e. The van der Waals surface area contributed by atoms with Crippen LogP contribution in [0.15, 0.2) is 58.5 Å². The van der Waals surface area contributed by atoms with Crippen LogP contribution in [0.5, 0.6) is 0 Å². The van der Waals surface area contributed by atoms with Gasteiger partial charge >= 0.3 is 0 Å². The molecule has 1 fully saturated rings. The second-order valence-electron chi connectivity index (χ2n) is 7.62. The number of Topliss-reactive ketones (excluding diaryl/α,β-unsaturated/α-hetero) is 1. The van der Waals surface area contributed by atoms with E-state index in [1.165, 1.54) is 30.4 Å². The molecule has 0 amide bonds. The van der Waals surface area contributed by atoms with Crippen LogP contribution in [-0.2, 0) is 9.53 Å². The normalized spacial score (nSPS) is 20.4. The van der Waals surface area contributed by atoms with Crippen molar-refractivity contribution in [2.75, 3.05) is 11.9 Å². The maximum Gasteiger partial charge on any atom is 0.162 e. The van der Waals surface area contributed by atoms with Gasteiger partial charge in [0.25, 0.3) is 0 Å². The summed E-state index contributed by atoms with van der Waals surface area (Å²) in [5.74, 6) is 1.50. The number of hydrogen-bond acceptors (Lipinski definition) is 3. The van der Waals surface area contributed by atoms with Crippen LogP contribution >= 0.6 is 0 Å². The van der Waals surface area contributed by atoms with Gasteiger partial charge in [0.1, 0.15) is 5.76 Å². The minimum atomic E-state index is 0.103. The van der Waals surface area contributed by atoms with Crippen LogP contribution in [0.4, 0.5) is 5.69 Å². The number of allylic oxidation sites excluding steroid dienone is 5. The number of ether oxygens (including phenoxy) is 1. The largest absolute Gasteiger partial charge is 0.498 e. The molecule has 144 valence electrons. The third-order valence-corrected chi connectivity index (χ3v) is 5.53. The first-order chi connectivity index (χ1) is 13.0. The molecule has 1 aromatic rings. The minimum absolute atomic E-state index is 0.103. The lowest BCUT2D eigenvalue weighted by atomic mass is 9.90. The van der Waals surface area contributed by atoms with Crippen molar-refractivity contribution >= 4 is 11.5 Å². The van der Waals surface area contributed by atoms with Crippen LogP contribution in [0.25, 0.3) is 0 Å². The average Bonchev–Trinajstić information content (AvgIpc) is 2.81. The van der Waals surface area contributed by atoms with Gasteiger partial charge in [0.15, 0.2) is 5.78 Å². The predicted molar refractivity (Wildman–Crippen MR) is 111 cm³/mol. The van der Waals surface area contributed by atoms with Crippen molar-refractivity contribution in [3.63, 3.8) is 0 Å². The molecule has 0 unspecified atom stereocenters. The highest BCUT2D eigenvalue weighted by atomic mass is 16.5. The molecule has 3 nitrogen and oxygen atoms in total. The van der Waals surface area contributed by atoms with Crippen LogP contribution in [0, 0.1) is 12.8 Å². The van der Waals surface area contributed by atoms with Crippen molar-refractivity contribution < 1.29 is 9.53 Å². The van der Waals surface area contributed by atoms with E-state index < -0.39 is 0 Å². The molecule has 1 saturated carbocycles. The van der Waals surface area contributed by atoms with Crippen molar-refractivity contribution in [3.8, 4) is 0 Å². The van der Waals surface area contributed by atoms with E-state index in [4.69, 9.17) is 4.74 Å². The first kappa shape index (κ1) is 19.5. The van der Waals surface area contributed by atoms with E-state index in [-0.39, 0.29) is 5.78 Å². The Morgan fingerprint density at radius 2 is 1.89 bits per heavy atom. The third kappa shape index (κ3) is 4.35. The van der Waals surface area contributed by atoms with Crippen LogP contribution in [0.1, 0.15) is 58.4 Å². The maximum absolute atomic E-state index is 12.6. The number of aryl methyl sites for hydroxylation is 1. The van der Waals surface area contributed by atoms with Gasteiger partial charge in [-0.3, -0.25) is 4.79 Å². The Labute approximate surface area is 163 Å². The number of anilines is 1. The van der Waals surface area contributed by atoms with E-state index in [0.717, 1.165) is 41.1 Å². The number of fused-ring (bicyclic) bond motifs is 1. The molecule has 0 heterocycles. The Bertz CT molecular complexity index is 796. The quantitative estimate of drug-likeness (QED) is 0.621. The predicted octanol–water partition coefficient (Wildman–Crippen LogP) is 6.08. The fourth-order valence-corrected chi connectivity index (χ4v) is 4.27. The maximum atomic E-state index is 12.6. The van der Waals surface area contributed by atoms with E-state index >= 15 is 0 Å². The van der Waals surface area contributed by atoms with Gasteiger partial charge in [-0.25, -0.2) is 0 Å². The average molecular weight is 366 g/mol. The molecular weight excluding hydrogens is 334 g/mol. The molecule has 2 aliphatic rings. The molecule has 0 saturated heterocycles. The summed E-state index contributed by atoms with van der Waals surface area (Å²) in [4.78, 5) is 12.6. The Kier molecular flexibility index (Phi) is 6.20. The summed E-state index contributed by atoms with van der Waals surface area (Å²) >= 11 is 0. The standard InChI is InChI=1S/C24H31NO2/c1-5-27-23-15-22(20-9-7-6-8-10-21(20)23)24(18(4)26)17(3)25-19-13-11-16(2)12-14-19/h11-15,21,25H,5-10H2,1-4H3/b24-17+/t21-/m1/s1. The first-order valence-electron chi connectivity index (χ1n) is 10.1. The lowest BCUT2D eigenvalue weighted by Gasteiger charge is -2.18. The fraction of sp³-hybridized carbons (Fsp3) is 0.458. The summed E-state index contributed by atoms with van der Waals surface area (Å²) in [7, 11) is 0. The Morgan fingerprint density at radius 3 is 2.56 bits per heavy atom. The van der Waals surface area contributed by atoms with E-state index in [1.807, 2.05) is 13.8 Å². The smallest absolute Gasteiger partial charge is 0.162 e. The van der Waals surface area contributed by atoms with E-state index in [2.05, 4.69) is 42.6 Å². The van der Waals surface area contributed by atoms with Crippen molar-refractivity contribution in [2.45, 2.75) is 59.8 Å². The molecule has 0 bridgehead atoms. The summed E-state index contributed by atoms with van der Waals surface area (Å²) in [5.41, 5.74) is 6.42. The Hall–Kier alpha value is -2.29. The summed E-state index contributed by atoms with van der Waals surface area (Å²) in [5, 5.41) is 3.44. The number of ketones is 1. The molecule has 3 rings (SSSR count). The second kappa shape index (κ2) is 8.60. The molecule has 0 aliphatic heterocycles. The topological polar surface area (TPSA) is 38.3 Å². The summed E-state index contributed by atoms with van der Waals surface area (Å²) < 4.78 is 5.96. The molecule has 0 aromatic heterocycles. The SMILES string of the molecule is CCOC1=CC(/C(C(C)=O)=C(\C)Nc2ccc(C)cc2)=C2CCCCC[C@@H]12. The molecule has 0 radical (unpaired) electrons. The number of rotatable bonds is 6. The molecule has 1 aromatic carbocycles. The van der Waals surface area contributed by atoms with Crippen molar-refractivity contribution in [1.82, 2.24) is 0 Å². The monoisotopic (exact) mass is 365 g/mol. The zero-order valence-electron chi connectivity index (χ0n) is 17.0. The van der Waals surface area contributed by atoms with Gasteiger partial charge < -0.3 is 10.1 Å². The van der Waals surface area contributed by atoms with Crippen molar-refractivity contribution in [3.05, 3.63) is 64.1 Å². The van der Waals surface area contributed by atoms with Crippen LogP contribution in [0.3, 0.4) is 0 Å². The molecule has 1 N–H and O–H groups in total. The van der Waals surface area contributed by atoms with Gasteiger partial charge in [-0.15, -0.1) is 0 Å². The van der Waals surface area contributed by atoms with Gasteiger partial charge in [0, 0.05) is 22.9 Å². The van der Waals surface area contributed by atoms with Gasteiger partial charge in [0.2, 0.25) is 0 Å². The summed E-state index contributed by atoms with van der Waals surface area (Å²) in [6.45, 7) is 8.44. The number of nitrogens with one attached hydrogen (secondary N) is 1. The zero-order valence-corrected chi connectivity index (χ0v) is 17.0. The van der Waals surface area contributed by atoms with E-state index in [0.29, 0.717) is 12.5 Å². The molecule has 0 spiro atoms. The first-order valence-corrected chi connectivity index (χ1v) is 10.1. The van der Waals surface area contributed by atoms with Gasteiger partial charge in [-0.1, -0.05) is 36.1 Å². The lowest BCUT2D eigenvalue weighted by Crippen LogP contribution is -2.10. The highest BCUT2D eigenvalue weighted by Gasteiger charge is 2.32. The van der Waals surface area contributed by atoms with Crippen molar-refractivity contribution in [1.29, 1.82) is 0 Å². The fourth-order valence-electron chi connectivity index (χ4n) is 4.27. The van der Waals surface area contributed by atoms with Gasteiger partial charge in [-0.2, -0.15) is 0 Å². The van der Waals surface area contributed by atoms with Crippen LogP contribution in [-0.4, -0.2) is 12.4 Å². The molecule has 2 aliphatic carbocycles. The number of hydrogen-bond donors (Lipinski definition) is 1. The molecule has 1 atom stereocenters. The number of carbonyl (C=O) groups excluding carboxylic acids is 1. The van der Waals surface area contributed by atoms with Crippen molar-refractivity contribution in [2.24, 2.45) is 5.92 Å². The Morgan fingerprint density at radius 1 is 1.15 bits per heavy atom. The highest BCUT2D eigenvalue weighted by molar-refractivity contribution is 6.00. The third-order valence-electron chi connectivity index (χ3n) is 5.53. The summed E-state index contributed by atoms with van der Waals surface area (Å²) in [6.07, 6.45) is 7.99. The number of carbonyl (C=O) groups is 1. The highest BCUT2D eigenvalue weighted by Crippen LogP contribution is 2.44. The summed E-state index contributed by atoms with van der Waals surface area (Å²) in [6, 6.07) is 8.27. The zero-order chi connectivity index (χ0) is 19.4. The van der Waals surface area contributed by atoms with Crippen LogP contribution in [0.2, 0.25) is 0 Å². The van der Waals surface area contributed by atoms with E-state index in [1.54, 1.807) is 6.92 Å². The van der Waals surface area contributed by atoms with Gasteiger partial charge in [-0.05, 0) is 70.7 Å². The molecule has 27 heavy (non-hydrogen) atoms. The van der Waals surface area contributed by atoms with Crippen LogP contribution < -0.4 is 5.32 Å². The van der Waals surface area contributed by atoms with Gasteiger partial charge in [0.05, 0.1) is 6.61 Å². The molecule has 3 heteroatoms. The second-order valence-corrected chi connectivity index (χ2v) is 7.62. The van der Waals surface area contributed by atoms with E-state index in [9.17, 15) is 4.79 Å².